The van der Waals surface area contributed by atoms with Crippen molar-refractivity contribution in [1.29, 1.82) is 0 Å². The molecule has 1 amide bonds. The van der Waals surface area contributed by atoms with Gasteiger partial charge in [-0.3, -0.25) is 4.79 Å². The number of hydrogen-bond acceptors (Lipinski definition) is 2. The Morgan fingerprint density at radius 3 is 2.19 bits per heavy atom. The topological polar surface area (TPSA) is 38.3 Å². The Bertz CT molecular complexity index is 1140. The Balaban J connectivity index is 1.78. The highest BCUT2D eigenvalue weighted by Gasteiger charge is 2.26. The quantitative estimate of drug-likeness (QED) is 0.420. The molecule has 0 aliphatic carbocycles. The molecule has 0 bridgehead atoms. The monoisotopic (exact) mass is 425 g/mol. The third-order valence-electron chi connectivity index (χ3n) is 5.98. The second-order valence-electron chi connectivity index (χ2n) is 9.12. The van der Waals surface area contributed by atoms with Gasteiger partial charge in [-0.15, -0.1) is 0 Å². The van der Waals surface area contributed by atoms with E-state index < -0.39 is 0 Å². The number of fused-ring (bicyclic) bond motifs is 1. The maximum absolute atomic E-state index is 12.7. The van der Waals surface area contributed by atoms with Crippen LogP contribution in [-0.4, -0.2) is 5.91 Å². The van der Waals surface area contributed by atoms with Gasteiger partial charge in [-0.25, -0.2) is 0 Å². The fourth-order valence-corrected chi connectivity index (χ4v) is 4.27. The van der Waals surface area contributed by atoms with Gasteiger partial charge in [0.15, 0.2) is 0 Å². The lowest BCUT2D eigenvalue weighted by atomic mass is 9.90. The minimum Gasteiger partial charge on any atom is -0.488 e. The Hall–Kier alpha value is -3.33. The van der Waals surface area contributed by atoms with Gasteiger partial charge >= 0.3 is 0 Å². The first kappa shape index (κ1) is 21.9. The van der Waals surface area contributed by atoms with Crippen LogP contribution in [0.15, 0.2) is 60.7 Å². The van der Waals surface area contributed by atoms with Crippen LogP contribution in [0.1, 0.15) is 72.9 Å². The molecule has 1 heterocycles. The van der Waals surface area contributed by atoms with Crippen LogP contribution < -0.4 is 10.1 Å². The van der Waals surface area contributed by atoms with Crippen molar-refractivity contribution in [3.8, 4) is 5.75 Å². The molecular formula is C29H31NO2. The van der Waals surface area contributed by atoms with Crippen molar-refractivity contribution in [1.82, 2.24) is 0 Å². The highest BCUT2D eigenvalue weighted by molar-refractivity contribution is 6.35. The van der Waals surface area contributed by atoms with Crippen LogP contribution in [0.5, 0.6) is 5.75 Å². The number of benzene rings is 3. The van der Waals surface area contributed by atoms with E-state index in [1.54, 1.807) is 0 Å². The predicted octanol–water partition coefficient (Wildman–Crippen LogP) is 7.31. The number of carbonyl (C=O) groups excluding carboxylic acids is 1. The van der Waals surface area contributed by atoms with E-state index in [1.807, 2.05) is 49.4 Å². The first-order valence-corrected chi connectivity index (χ1v) is 11.3. The molecular weight excluding hydrogens is 394 g/mol. The fraction of sp³-hybridized carbons (Fsp3) is 0.276. The Labute approximate surface area is 191 Å². The minimum absolute atomic E-state index is 0.0455. The molecule has 0 atom stereocenters. The van der Waals surface area contributed by atoms with Crippen LogP contribution in [0.3, 0.4) is 0 Å². The normalized spacial score (nSPS) is 14.2. The van der Waals surface area contributed by atoms with Gasteiger partial charge in [0.25, 0.3) is 5.91 Å². The molecule has 164 valence electrons. The lowest BCUT2D eigenvalue weighted by Crippen LogP contribution is -2.06. The Morgan fingerprint density at radius 2 is 1.56 bits per heavy atom. The van der Waals surface area contributed by atoms with Gasteiger partial charge in [0.05, 0.1) is 0 Å². The summed E-state index contributed by atoms with van der Waals surface area (Å²) < 4.78 is 6.40. The number of amides is 1. The van der Waals surface area contributed by atoms with Crippen LogP contribution in [0.2, 0.25) is 0 Å². The first-order valence-electron chi connectivity index (χ1n) is 11.3. The Kier molecular flexibility index (Phi) is 6.18. The molecule has 0 saturated carbocycles. The van der Waals surface area contributed by atoms with E-state index in [0.29, 0.717) is 18.4 Å². The van der Waals surface area contributed by atoms with Gasteiger partial charge in [-0.05, 0) is 70.9 Å². The van der Waals surface area contributed by atoms with Gasteiger partial charge in [-0.2, -0.15) is 0 Å². The molecule has 0 radical (unpaired) electrons. The van der Waals surface area contributed by atoms with Crippen molar-refractivity contribution in [2.24, 2.45) is 0 Å². The van der Waals surface area contributed by atoms with Crippen molar-refractivity contribution in [3.63, 3.8) is 0 Å². The van der Waals surface area contributed by atoms with Gasteiger partial charge in [-0.1, -0.05) is 70.2 Å². The van der Waals surface area contributed by atoms with Gasteiger partial charge in [0.2, 0.25) is 0 Å². The molecule has 3 nitrogen and oxygen atoms in total. The number of carbonyl (C=O) groups is 1. The van der Waals surface area contributed by atoms with Crippen LogP contribution in [0.25, 0.3) is 11.6 Å². The van der Waals surface area contributed by atoms with E-state index in [-0.39, 0.29) is 5.91 Å². The maximum atomic E-state index is 12.7. The summed E-state index contributed by atoms with van der Waals surface area (Å²) in [6.45, 7) is 11.3. The molecule has 0 fully saturated rings. The summed E-state index contributed by atoms with van der Waals surface area (Å²) in [5.41, 5.74) is 8.23. The lowest BCUT2D eigenvalue weighted by Gasteiger charge is -2.21. The summed E-state index contributed by atoms with van der Waals surface area (Å²) in [6, 6.07) is 20.6. The zero-order chi connectivity index (χ0) is 22.8. The molecule has 0 unspecified atom stereocenters. The van der Waals surface area contributed by atoms with Crippen molar-refractivity contribution in [3.05, 3.63) is 94.0 Å². The van der Waals surface area contributed by atoms with Crippen molar-refractivity contribution < 1.29 is 9.53 Å². The second-order valence-corrected chi connectivity index (χ2v) is 9.12. The highest BCUT2D eigenvalue weighted by atomic mass is 16.5. The number of anilines is 1. The fourth-order valence-electron chi connectivity index (χ4n) is 4.27. The molecule has 32 heavy (non-hydrogen) atoms. The van der Waals surface area contributed by atoms with Crippen molar-refractivity contribution in [2.45, 2.75) is 53.1 Å². The van der Waals surface area contributed by atoms with Crippen LogP contribution in [-0.2, 0) is 11.4 Å². The summed E-state index contributed by atoms with van der Waals surface area (Å²) in [4.78, 5) is 12.7. The third-order valence-corrected chi connectivity index (χ3v) is 5.98. The second kappa shape index (κ2) is 9.04. The number of nitrogens with one attached hydrogen (secondary N) is 1. The molecule has 3 heteroatoms. The average molecular weight is 426 g/mol. The van der Waals surface area contributed by atoms with Gasteiger partial charge in [0, 0.05) is 16.8 Å². The molecule has 1 aliphatic rings. The molecule has 0 aromatic heterocycles. The van der Waals surface area contributed by atoms with Gasteiger partial charge in [0.1, 0.15) is 12.4 Å². The molecule has 4 rings (SSSR count). The summed E-state index contributed by atoms with van der Waals surface area (Å²) >= 11 is 0. The van der Waals surface area contributed by atoms with Crippen molar-refractivity contribution in [2.75, 3.05) is 5.32 Å². The number of ether oxygens (including phenoxy) is 1. The number of rotatable bonds is 6. The lowest BCUT2D eigenvalue weighted by molar-refractivity contribution is -0.110. The summed E-state index contributed by atoms with van der Waals surface area (Å²) in [7, 11) is 0. The van der Waals surface area contributed by atoms with E-state index in [1.165, 1.54) is 11.1 Å². The zero-order valence-corrected chi connectivity index (χ0v) is 19.5. The van der Waals surface area contributed by atoms with E-state index in [0.717, 1.165) is 39.3 Å². The number of aryl methyl sites for hydroxylation is 1. The Morgan fingerprint density at radius 1 is 0.906 bits per heavy atom. The molecule has 3 aromatic carbocycles. The summed E-state index contributed by atoms with van der Waals surface area (Å²) in [5.74, 6) is 1.51. The van der Waals surface area contributed by atoms with E-state index >= 15 is 0 Å². The summed E-state index contributed by atoms with van der Waals surface area (Å²) in [5, 5.41) is 3.00. The van der Waals surface area contributed by atoms with Crippen LogP contribution in [0.4, 0.5) is 5.69 Å². The van der Waals surface area contributed by atoms with Gasteiger partial charge < -0.3 is 10.1 Å². The molecule has 0 saturated heterocycles. The summed E-state index contributed by atoms with van der Waals surface area (Å²) in [6.07, 6.45) is 2.02. The molecule has 0 spiro atoms. The average Bonchev–Trinajstić information content (AvgIpc) is 3.09. The maximum Gasteiger partial charge on any atom is 0.256 e. The van der Waals surface area contributed by atoms with E-state index in [2.05, 4.69) is 57.3 Å². The van der Waals surface area contributed by atoms with Crippen molar-refractivity contribution >= 4 is 23.2 Å². The molecule has 1 aliphatic heterocycles. The molecule has 3 aromatic rings. The highest BCUT2D eigenvalue weighted by Crippen LogP contribution is 2.39. The van der Waals surface area contributed by atoms with Crippen LogP contribution >= 0.6 is 0 Å². The predicted molar refractivity (Wildman–Crippen MR) is 133 cm³/mol. The van der Waals surface area contributed by atoms with E-state index in [9.17, 15) is 4.79 Å². The third kappa shape index (κ3) is 4.34. The largest absolute Gasteiger partial charge is 0.488 e. The SMILES string of the molecule is Cc1cccc2c1C(=Cc1cc(C(C)C)c(OCc3ccccc3)c(C(C)C)c1)C(=O)N2. The standard InChI is InChI=1S/C29H31NO2/c1-18(2)23-14-22(16-25-27-20(5)10-9-13-26(27)30-29(25)31)15-24(19(3)4)28(23)32-17-21-11-7-6-8-12-21/h6-16,18-19H,17H2,1-5H3,(H,30,31). The number of hydrogen-bond donors (Lipinski definition) is 1. The smallest absolute Gasteiger partial charge is 0.256 e. The molecule has 1 N–H and O–H groups in total. The van der Waals surface area contributed by atoms with Crippen LogP contribution in [0, 0.1) is 6.92 Å². The zero-order valence-electron chi connectivity index (χ0n) is 19.5. The van der Waals surface area contributed by atoms with E-state index in [4.69, 9.17) is 4.74 Å². The minimum atomic E-state index is -0.0455. The first-order chi connectivity index (χ1) is 15.3.